The summed E-state index contributed by atoms with van der Waals surface area (Å²) in [5.41, 5.74) is 2.29. The predicted molar refractivity (Wildman–Crippen MR) is 162 cm³/mol. The molecule has 3 aromatic carbocycles. The number of anilines is 2. The van der Waals surface area contributed by atoms with Gasteiger partial charge in [0.15, 0.2) is 0 Å². The van der Waals surface area contributed by atoms with Gasteiger partial charge in [-0.25, -0.2) is 22.2 Å². The fraction of sp³-hybridized carbons (Fsp3) is 0.129. The summed E-state index contributed by atoms with van der Waals surface area (Å²) in [6.45, 7) is 0. The minimum absolute atomic E-state index is 0.158. The van der Waals surface area contributed by atoms with Crippen molar-refractivity contribution in [2.45, 2.75) is 6.17 Å². The molecule has 0 saturated carbocycles. The van der Waals surface area contributed by atoms with Gasteiger partial charge in [-0.15, -0.1) is 0 Å². The number of fused-ring (bicyclic) bond motifs is 2. The van der Waals surface area contributed by atoms with Crippen LogP contribution in [0.25, 0.3) is 33.6 Å². The lowest BCUT2D eigenvalue weighted by Gasteiger charge is -2.28. The van der Waals surface area contributed by atoms with Gasteiger partial charge >= 0.3 is 0 Å². The van der Waals surface area contributed by atoms with Crippen LogP contribution >= 0.6 is 0 Å². The van der Waals surface area contributed by atoms with Crippen LogP contribution in [0.1, 0.15) is 32.4 Å². The number of furan rings is 1. The van der Waals surface area contributed by atoms with Crippen LogP contribution in [0.2, 0.25) is 0 Å². The number of nitrogens with one attached hydrogen (secondary N) is 3. The molecular formula is C31H25F2N5O5S. The second-order valence-electron chi connectivity index (χ2n) is 10.2. The van der Waals surface area contributed by atoms with E-state index in [2.05, 4.69) is 20.9 Å². The Kier molecular flexibility index (Phi) is 7.04. The Bertz CT molecular complexity index is 2080. The van der Waals surface area contributed by atoms with Crippen molar-refractivity contribution >= 4 is 44.3 Å². The van der Waals surface area contributed by atoms with Crippen molar-refractivity contribution in [2.24, 2.45) is 0 Å². The first-order valence-electron chi connectivity index (χ1n) is 13.3. The van der Waals surface area contributed by atoms with Gasteiger partial charge in [0.2, 0.25) is 10.0 Å². The minimum atomic E-state index is -3.78. The molecule has 0 bridgehead atoms. The van der Waals surface area contributed by atoms with Crippen molar-refractivity contribution in [1.82, 2.24) is 15.6 Å². The van der Waals surface area contributed by atoms with Crippen molar-refractivity contribution in [3.63, 3.8) is 0 Å². The number of aromatic nitrogens is 1. The molecule has 10 nitrogen and oxygen atoms in total. The monoisotopic (exact) mass is 617 g/mol. The second kappa shape index (κ2) is 10.8. The summed E-state index contributed by atoms with van der Waals surface area (Å²) in [6, 6.07) is 17.4. The number of nitrogens with zero attached hydrogens (tertiary/aromatic N) is 2. The molecule has 0 fully saturated rings. The van der Waals surface area contributed by atoms with Crippen molar-refractivity contribution in [2.75, 3.05) is 30.0 Å². The molecule has 1 unspecified atom stereocenters. The van der Waals surface area contributed by atoms with E-state index in [9.17, 15) is 26.8 Å². The summed E-state index contributed by atoms with van der Waals surface area (Å²) in [7, 11) is -0.958. The second-order valence-corrected chi connectivity index (χ2v) is 12.2. The van der Waals surface area contributed by atoms with Gasteiger partial charge < -0.3 is 20.4 Å². The van der Waals surface area contributed by atoms with Crippen LogP contribution in [-0.4, -0.2) is 45.6 Å². The average Bonchev–Trinajstić information content (AvgIpc) is 3.37. The molecule has 13 heteroatoms. The first-order valence-corrected chi connectivity index (χ1v) is 15.2. The maximum absolute atomic E-state index is 13.9. The van der Waals surface area contributed by atoms with Gasteiger partial charge in [-0.1, -0.05) is 12.1 Å². The van der Waals surface area contributed by atoms with Gasteiger partial charge in [-0.05, 0) is 60.2 Å². The first-order chi connectivity index (χ1) is 20.9. The van der Waals surface area contributed by atoms with Gasteiger partial charge in [0, 0.05) is 36.7 Å². The molecule has 3 N–H and O–H groups in total. The lowest BCUT2D eigenvalue weighted by atomic mass is 10.00. The van der Waals surface area contributed by atoms with Crippen LogP contribution in [0, 0.1) is 11.6 Å². The Morgan fingerprint density at radius 3 is 2.41 bits per heavy atom. The summed E-state index contributed by atoms with van der Waals surface area (Å²) < 4.78 is 60.2. The van der Waals surface area contributed by atoms with E-state index in [1.807, 2.05) is 0 Å². The quantitative estimate of drug-likeness (QED) is 0.243. The molecule has 6 rings (SSSR count). The normalized spacial score (nSPS) is 14.5. The van der Waals surface area contributed by atoms with E-state index in [0.29, 0.717) is 22.1 Å². The van der Waals surface area contributed by atoms with Gasteiger partial charge in [0.25, 0.3) is 11.8 Å². The summed E-state index contributed by atoms with van der Waals surface area (Å²) in [5, 5.41) is 8.83. The summed E-state index contributed by atoms with van der Waals surface area (Å²) in [4.78, 5) is 30.8. The molecule has 0 radical (unpaired) electrons. The van der Waals surface area contributed by atoms with E-state index in [-0.39, 0.29) is 39.7 Å². The Labute approximate surface area is 250 Å². The van der Waals surface area contributed by atoms with E-state index in [1.165, 1.54) is 68.7 Å². The molecule has 3 heterocycles. The number of sulfonamides is 1. The lowest BCUT2D eigenvalue weighted by Crippen LogP contribution is -2.39. The highest BCUT2D eigenvalue weighted by Crippen LogP contribution is 2.41. The van der Waals surface area contributed by atoms with E-state index in [1.54, 1.807) is 18.2 Å². The van der Waals surface area contributed by atoms with Crippen LogP contribution < -0.4 is 20.3 Å². The molecule has 224 valence electrons. The van der Waals surface area contributed by atoms with Crippen LogP contribution in [-0.2, 0) is 10.0 Å². The van der Waals surface area contributed by atoms with Crippen LogP contribution in [0.3, 0.4) is 0 Å². The molecule has 2 aromatic heterocycles. The molecule has 1 aliphatic rings. The smallest absolute Gasteiger partial charge is 0.256 e. The highest BCUT2D eigenvalue weighted by atomic mass is 32.2. The molecule has 0 saturated heterocycles. The summed E-state index contributed by atoms with van der Waals surface area (Å²) >= 11 is 0. The lowest BCUT2D eigenvalue weighted by molar-refractivity contribution is 0.0932. The Hall–Kier alpha value is -5.30. The Morgan fingerprint density at radius 1 is 0.977 bits per heavy atom. The summed E-state index contributed by atoms with van der Waals surface area (Å²) in [6.07, 6.45) is 0.264. The Balaban J connectivity index is 1.56. The van der Waals surface area contributed by atoms with Crippen LogP contribution in [0.5, 0.6) is 0 Å². The predicted octanol–water partition coefficient (Wildman–Crippen LogP) is 5.05. The van der Waals surface area contributed by atoms with E-state index < -0.39 is 39.6 Å². The third kappa shape index (κ3) is 5.11. The fourth-order valence-corrected chi connectivity index (χ4v) is 5.58. The third-order valence-corrected chi connectivity index (χ3v) is 8.55. The SMILES string of the molecule is CNC(=O)c1c(-c2ccc(F)cc2)oc2cc(N(C)S(C)(=O)=O)c(-c3ccc4c(n3)NC(c3cccc(F)c3)NC4=O)cc12. The number of halogens is 2. The van der Waals surface area contributed by atoms with Gasteiger partial charge in [0.1, 0.15) is 35.0 Å². The average molecular weight is 618 g/mol. The molecule has 0 aliphatic carbocycles. The van der Waals surface area contributed by atoms with Crippen molar-refractivity contribution in [3.8, 4) is 22.6 Å². The number of hydrogen-bond donors (Lipinski definition) is 3. The highest BCUT2D eigenvalue weighted by Gasteiger charge is 2.29. The van der Waals surface area contributed by atoms with Crippen LogP contribution in [0.4, 0.5) is 20.3 Å². The number of pyridine rings is 1. The number of carbonyl (C=O) groups is 2. The number of hydrogen-bond acceptors (Lipinski definition) is 7. The standard InChI is InChI=1S/C31H25F2N5O5S/c1-34-31(40)26-22-14-21(23-12-11-20-29(35-23)36-28(37-30(20)39)17-5-4-6-19(33)13-17)24(38(2)44(3,41)42)15-25(22)43-27(26)16-7-9-18(32)10-8-16/h4-15,28H,1-3H3,(H,34,40)(H,35,36)(H,37,39). The topological polar surface area (TPSA) is 134 Å². The van der Waals surface area contributed by atoms with Crippen LogP contribution in [0.15, 0.2) is 77.2 Å². The molecule has 1 aliphatic heterocycles. The number of amides is 2. The molecule has 5 aromatic rings. The number of benzene rings is 3. The highest BCUT2D eigenvalue weighted by molar-refractivity contribution is 7.92. The molecule has 44 heavy (non-hydrogen) atoms. The number of rotatable bonds is 6. The largest absolute Gasteiger partial charge is 0.455 e. The fourth-order valence-electron chi connectivity index (χ4n) is 5.07. The van der Waals surface area contributed by atoms with E-state index >= 15 is 0 Å². The number of carbonyl (C=O) groups excluding carboxylic acids is 2. The van der Waals surface area contributed by atoms with Crippen molar-refractivity contribution in [3.05, 3.63) is 101 Å². The minimum Gasteiger partial charge on any atom is -0.455 e. The molecule has 2 amide bonds. The third-order valence-electron chi connectivity index (χ3n) is 7.36. The van der Waals surface area contributed by atoms with Gasteiger partial charge in [0.05, 0.1) is 28.8 Å². The Morgan fingerprint density at radius 2 is 1.73 bits per heavy atom. The van der Waals surface area contributed by atoms with Crippen molar-refractivity contribution in [1.29, 1.82) is 0 Å². The summed E-state index contributed by atoms with van der Waals surface area (Å²) in [5.74, 6) is -1.49. The molecule has 1 atom stereocenters. The maximum Gasteiger partial charge on any atom is 0.256 e. The zero-order chi connectivity index (χ0) is 31.3. The van der Waals surface area contributed by atoms with Gasteiger partial charge in [-0.3, -0.25) is 13.9 Å². The van der Waals surface area contributed by atoms with E-state index in [0.717, 1.165) is 10.6 Å². The molecule has 0 spiro atoms. The zero-order valence-electron chi connectivity index (χ0n) is 23.6. The van der Waals surface area contributed by atoms with Gasteiger partial charge in [-0.2, -0.15) is 0 Å². The first kappa shape index (κ1) is 28.8. The molecular weight excluding hydrogens is 592 g/mol. The maximum atomic E-state index is 13.9. The zero-order valence-corrected chi connectivity index (χ0v) is 24.4. The van der Waals surface area contributed by atoms with E-state index in [4.69, 9.17) is 4.42 Å². The van der Waals surface area contributed by atoms with Crippen molar-refractivity contribution < 1.29 is 31.2 Å².